The minimum Gasteiger partial charge on any atom is -0.358 e. The van der Waals surface area contributed by atoms with Crippen LogP contribution in [0.15, 0.2) is 0 Å². The van der Waals surface area contributed by atoms with Gasteiger partial charge < -0.3 is 16.0 Å². The van der Waals surface area contributed by atoms with Gasteiger partial charge in [-0.15, -0.1) is 0 Å². The molecule has 0 aliphatic carbocycles. The first-order valence-corrected chi connectivity index (χ1v) is 7.12. The van der Waals surface area contributed by atoms with Crippen LogP contribution in [0.25, 0.3) is 0 Å². The van der Waals surface area contributed by atoms with Gasteiger partial charge in [-0.3, -0.25) is 9.59 Å². The highest BCUT2D eigenvalue weighted by Crippen LogP contribution is 2.15. The molecule has 0 aromatic heterocycles. The molecule has 0 fully saturated rings. The average molecular weight is 271 g/mol. The van der Waals surface area contributed by atoms with Gasteiger partial charge in [0.15, 0.2) is 0 Å². The lowest BCUT2D eigenvalue weighted by Crippen LogP contribution is -2.41. The van der Waals surface area contributed by atoms with Gasteiger partial charge in [0.25, 0.3) is 0 Å². The Morgan fingerprint density at radius 1 is 1.32 bits per heavy atom. The van der Waals surface area contributed by atoms with E-state index in [0.29, 0.717) is 25.4 Å². The summed E-state index contributed by atoms with van der Waals surface area (Å²) < 4.78 is 0. The first-order chi connectivity index (χ1) is 8.94. The van der Waals surface area contributed by atoms with Gasteiger partial charge in [-0.05, 0) is 31.2 Å². The zero-order valence-corrected chi connectivity index (χ0v) is 12.7. The molecule has 19 heavy (non-hydrogen) atoms. The number of likely N-dealkylation sites (N-methyl/N-ethyl adjacent to an activating group) is 1. The van der Waals surface area contributed by atoms with Crippen LogP contribution in [-0.4, -0.2) is 43.4 Å². The Morgan fingerprint density at radius 2 is 1.95 bits per heavy atom. The molecule has 0 saturated heterocycles. The van der Waals surface area contributed by atoms with Crippen molar-refractivity contribution < 1.29 is 9.59 Å². The zero-order valence-electron chi connectivity index (χ0n) is 12.7. The zero-order chi connectivity index (χ0) is 14.8. The number of nitrogens with one attached hydrogen (secondary N) is 1. The van der Waals surface area contributed by atoms with E-state index in [4.69, 9.17) is 5.73 Å². The van der Waals surface area contributed by atoms with E-state index < -0.39 is 0 Å². The summed E-state index contributed by atoms with van der Waals surface area (Å²) in [5, 5.41) is 2.55. The van der Waals surface area contributed by atoms with Crippen LogP contribution in [0.1, 0.15) is 40.0 Å². The van der Waals surface area contributed by atoms with Crippen LogP contribution in [0.3, 0.4) is 0 Å². The van der Waals surface area contributed by atoms with Gasteiger partial charge in [0.1, 0.15) is 0 Å². The summed E-state index contributed by atoms with van der Waals surface area (Å²) in [6.45, 7) is 7.53. The van der Waals surface area contributed by atoms with Crippen LogP contribution in [0.5, 0.6) is 0 Å². The molecule has 0 aliphatic heterocycles. The third kappa shape index (κ3) is 7.82. The van der Waals surface area contributed by atoms with Crippen LogP contribution in [-0.2, 0) is 9.59 Å². The van der Waals surface area contributed by atoms with Gasteiger partial charge in [0.05, 0.1) is 6.54 Å². The molecule has 112 valence electrons. The second-order valence-corrected chi connectivity index (χ2v) is 5.42. The molecular formula is C14H29N3O2. The standard InChI is InChI=1S/C14H29N3O2/c1-5-6-17(10-13(18)16-4)14(19)8-12(9-15)7-11(2)3/h11-12H,5-10,15H2,1-4H3,(H,16,18). The number of amides is 2. The Kier molecular flexibility index (Phi) is 9.21. The molecule has 1 atom stereocenters. The Balaban J connectivity index is 4.48. The fourth-order valence-electron chi connectivity index (χ4n) is 2.12. The Morgan fingerprint density at radius 3 is 2.37 bits per heavy atom. The second kappa shape index (κ2) is 9.78. The van der Waals surface area contributed by atoms with E-state index in [2.05, 4.69) is 19.2 Å². The molecule has 5 heteroatoms. The predicted octanol–water partition coefficient (Wildman–Crippen LogP) is 0.982. The molecule has 3 N–H and O–H groups in total. The molecule has 0 radical (unpaired) electrons. The average Bonchev–Trinajstić information content (AvgIpc) is 2.36. The molecule has 2 amide bonds. The number of hydrogen-bond donors (Lipinski definition) is 2. The van der Waals surface area contributed by atoms with Gasteiger partial charge in [0.2, 0.25) is 11.8 Å². The van der Waals surface area contributed by atoms with Crippen LogP contribution in [0, 0.1) is 11.8 Å². The molecule has 0 rings (SSSR count). The van der Waals surface area contributed by atoms with Crippen molar-refractivity contribution in [2.45, 2.75) is 40.0 Å². The van der Waals surface area contributed by atoms with Gasteiger partial charge in [-0.1, -0.05) is 20.8 Å². The van der Waals surface area contributed by atoms with E-state index >= 15 is 0 Å². The topological polar surface area (TPSA) is 75.4 Å². The van der Waals surface area contributed by atoms with Gasteiger partial charge >= 0.3 is 0 Å². The smallest absolute Gasteiger partial charge is 0.239 e. The third-order valence-corrected chi connectivity index (χ3v) is 3.06. The highest BCUT2D eigenvalue weighted by Gasteiger charge is 2.20. The van der Waals surface area contributed by atoms with Gasteiger partial charge in [-0.2, -0.15) is 0 Å². The van der Waals surface area contributed by atoms with Crippen molar-refractivity contribution in [3.05, 3.63) is 0 Å². The molecule has 0 aromatic rings. The summed E-state index contributed by atoms with van der Waals surface area (Å²) in [6.07, 6.45) is 2.23. The van der Waals surface area contributed by atoms with E-state index in [0.717, 1.165) is 12.8 Å². The molecule has 0 aliphatic rings. The molecule has 0 bridgehead atoms. The van der Waals surface area contributed by atoms with Crippen molar-refractivity contribution in [2.24, 2.45) is 17.6 Å². The normalized spacial score (nSPS) is 12.3. The number of carbonyl (C=O) groups excluding carboxylic acids is 2. The maximum Gasteiger partial charge on any atom is 0.239 e. The van der Waals surface area contributed by atoms with Gasteiger partial charge in [-0.25, -0.2) is 0 Å². The molecule has 0 spiro atoms. The molecule has 0 aromatic carbocycles. The Labute approximate surface area is 116 Å². The summed E-state index contributed by atoms with van der Waals surface area (Å²) >= 11 is 0. The van der Waals surface area contributed by atoms with E-state index in [1.54, 1.807) is 11.9 Å². The highest BCUT2D eigenvalue weighted by molar-refractivity contribution is 5.84. The van der Waals surface area contributed by atoms with Crippen molar-refractivity contribution in [3.63, 3.8) is 0 Å². The van der Waals surface area contributed by atoms with Crippen LogP contribution in [0.2, 0.25) is 0 Å². The maximum atomic E-state index is 12.2. The Bertz CT molecular complexity index is 280. The number of hydrogen-bond acceptors (Lipinski definition) is 3. The minimum atomic E-state index is -0.130. The summed E-state index contributed by atoms with van der Waals surface area (Å²) in [6, 6.07) is 0. The number of rotatable bonds is 9. The molecule has 1 unspecified atom stereocenters. The van der Waals surface area contributed by atoms with Crippen molar-refractivity contribution in [1.82, 2.24) is 10.2 Å². The SMILES string of the molecule is CCCN(CC(=O)NC)C(=O)CC(CN)CC(C)C. The first kappa shape index (κ1) is 17.9. The van der Waals surface area contributed by atoms with Crippen molar-refractivity contribution in [1.29, 1.82) is 0 Å². The fourth-order valence-corrected chi connectivity index (χ4v) is 2.12. The summed E-state index contributed by atoms with van der Waals surface area (Å²) in [5.41, 5.74) is 5.72. The summed E-state index contributed by atoms with van der Waals surface area (Å²) in [5.74, 6) is 0.632. The van der Waals surface area contributed by atoms with Crippen molar-refractivity contribution >= 4 is 11.8 Å². The lowest BCUT2D eigenvalue weighted by Gasteiger charge is -2.24. The van der Waals surface area contributed by atoms with Crippen LogP contribution < -0.4 is 11.1 Å². The lowest BCUT2D eigenvalue weighted by atomic mass is 9.93. The highest BCUT2D eigenvalue weighted by atomic mass is 16.2. The van der Waals surface area contributed by atoms with Crippen LogP contribution in [0.4, 0.5) is 0 Å². The van der Waals surface area contributed by atoms with E-state index in [-0.39, 0.29) is 24.3 Å². The Hall–Kier alpha value is -1.10. The first-order valence-electron chi connectivity index (χ1n) is 7.12. The predicted molar refractivity (Wildman–Crippen MR) is 77.6 cm³/mol. The number of nitrogens with zero attached hydrogens (tertiary/aromatic N) is 1. The molecular weight excluding hydrogens is 242 g/mol. The largest absolute Gasteiger partial charge is 0.358 e. The van der Waals surface area contributed by atoms with E-state index in [1.165, 1.54) is 0 Å². The number of carbonyl (C=O) groups is 2. The van der Waals surface area contributed by atoms with Crippen molar-refractivity contribution in [2.75, 3.05) is 26.7 Å². The van der Waals surface area contributed by atoms with E-state index in [9.17, 15) is 9.59 Å². The van der Waals surface area contributed by atoms with E-state index in [1.807, 2.05) is 6.92 Å². The quantitative estimate of drug-likeness (QED) is 0.656. The summed E-state index contributed by atoms with van der Waals surface area (Å²) in [4.78, 5) is 25.3. The van der Waals surface area contributed by atoms with Gasteiger partial charge in [0, 0.05) is 20.0 Å². The summed E-state index contributed by atoms with van der Waals surface area (Å²) in [7, 11) is 1.58. The molecule has 0 heterocycles. The third-order valence-electron chi connectivity index (χ3n) is 3.06. The molecule has 0 saturated carbocycles. The monoisotopic (exact) mass is 271 g/mol. The second-order valence-electron chi connectivity index (χ2n) is 5.42. The number of nitrogens with two attached hydrogens (primary N) is 1. The lowest BCUT2D eigenvalue weighted by molar-refractivity contribution is -0.136. The maximum absolute atomic E-state index is 12.2. The van der Waals surface area contributed by atoms with Crippen molar-refractivity contribution in [3.8, 4) is 0 Å². The van der Waals surface area contributed by atoms with Crippen LogP contribution >= 0.6 is 0 Å². The minimum absolute atomic E-state index is 0.0292. The molecule has 5 nitrogen and oxygen atoms in total. The fraction of sp³-hybridized carbons (Fsp3) is 0.857.